The summed E-state index contributed by atoms with van der Waals surface area (Å²) < 4.78 is 19.6. The first kappa shape index (κ1) is 20.0. The van der Waals surface area contributed by atoms with E-state index in [1.54, 1.807) is 36.5 Å². The van der Waals surface area contributed by atoms with Crippen molar-refractivity contribution in [2.45, 2.75) is 26.9 Å². The maximum absolute atomic E-state index is 13.9. The molecule has 1 aromatic heterocycles. The van der Waals surface area contributed by atoms with Crippen LogP contribution in [0.5, 0.6) is 5.75 Å². The number of thiazole rings is 1. The third kappa shape index (κ3) is 3.78. The van der Waals surface area contributed by atoms with Gasteiger partial charge < -0.3 is 10.1 Å². The largest absolute Gasteiger partial charge is 0.479 e. The minimum absolute atomic E-state index is 0.0683. The summed E-state index contributed by atoms with van der Waals surface area (Å²) in [7, 11) is 0. The molecule has 0 saturated heterocycles. The number of aryl methyl sites for hydroxylation is 2. The average Bonchev–Trinajstić information content (AvgIpc) is 3.05. The Labute approximate surface area is 177 Å². The number of fused-ring (bicyclic) bond motifs is 1. The number of amides is 2. The number of ether oxygens (including phenoxy) is 1. The maximum Gasteiger partial charge on any atom is 0.268 e. The normalized spacial score (nSPS) is 15.5. The van der Waals surface area contributed by atoms with Crippen molar-refractivity contribution in [3.63, 3.8) is 0 Å². The number of para-hydroxylation sites is 1. The molecule has 1 unspecified atom stereocenters. The number of rotatable bonds is 4. The lowest BCUT2D eigenvalue weighted by Gasteiger charge is -2.33. The molecule has 0 radical (unpaired) electrons. The number of carbonyl (C=O) groups is 2. The van der Waals surface area contributed by atoms with E-state index < -0.39 is 17.8 Å². The lowest BCUT2D eigenvalue weighted by atomic mass is 10.1. The predicted molar refractivity (Wildman–Crippen MR) is 114 cm³/mol. The van der Waals surface area contributed by atoms with Gasteiger partial charge in [-0.15, -0.1) is 11.3 Å². The van der Waals surface area contributed by atoms with Crippen LogP contribution in [0, 0.1) is 19.7 Å². The van der Waals surface area contributed by atoms with Gasteiger partial charge in [-0.2, -0.15) is 0 Å². The van der Waals surface area contributed by atoms with Gasteiger partial charge in [-0.05, 0) is 51.1 Å². The fraction of sp³-hybridized carbons (Fsp3) is 0.227. The Morgan fingerprint density at radius 2 is 2.03 bits per heavy atom. The van der Waals surface area contributed by atoms with Crippen LogP contribution in [0.1, 0.15) is 16.8 Å². The van der Waals surface area contributed by atoms with E-state index in [2.05, 4.69) is 10.3 Å². The highest BCUT2D eigenvalue weighted by Gasteiger charge is 2.33. The Morgan fingerprint density at radius 3 is 2.73 bits per heavy atom. The quantitative estimate of drug-likeness (QED) is 0.676. The zero-order valence-corrected chi connectivity index (χ0v) is 17.5. The van der Waals surface area contributed by atoms with Gasteiger partial charge in [-0.1, -0.05) is 12.1 Å². The zero-order chi connectivity index (χ0) is 21.4. The molecule has 0 aliphatic carbocycles. The molecule has 1 aliphatic heterocycles. The van der Waals surface area contributed by atoms with Crippen LogP contribution in [0.2, 0.25) is 0 Å². The van der Waals surface area contributed by atoms with Gasteiger partial charge in [0.15, 0.2) is 6.10 Å². The van der Waals surface area contributed by atoms with Crippen LogP contribution in [0.4, 0.5) is 15.8 Å². The predicted octanol–water partition coefficient (Wildman–Crippen LogP) is 4.32. The number of nitrogens with zero attached hydrogens (tertiary/aromatic N) is 2. The second kappa shape index (κ2) is 7.87. The summed E-state index contributed by atoms with van der Waals surface area (Å²) in [5, 5.41) is 3.47. The van der Waals surface area contributed by atoms with Gasteiger partial charge in [0.05, 0.1) is 22.1 Å². The number of nitrogens with one attached hydrogen (secondary N) is 1. The molecule has 0 spiro atoms. The minimum atomic E-state index is -0.729. The van der Waals surface area contributed by atoms with Crippen LogP contribution in [0.3, 0.4) is 0 Å². The first-order valence-corrected chi connectivity index (χ1v) is 10.3. The summed E-state index contributed by atoms with van der Waals surface area (Å²) in [6.45, 7) is 5.30. The van der Waals surface area contributed by atoms with E-state index in [4.69, 9.17) is 4.74 Å². The van der Waals surface area contributed by atoms with E-state index in [1.165, 1.54) is 23.1 Å². The van der Waals surface area contributed by atoms with Crippen LogP contribution in [-0.4, -0.2) is 29.4 Å². The van der Waals surface area contributed by atoms with Crippen LogP contribution < -0.4 is 15.0 Å². The standard InChI is InChI=1S/C22H20FN3O3S/c1-12-22(28)26(11-20(27)25-17-7-5-4-6-16(17)23)18-10-15(8-9-19(18)29-12)21-13(2)30-14(3)24-21/h4-10,12H,11H2,1-3H3,(H,25,27). The third-order valence-electron chi connectivity index (χ3n) is 4.79. The highest BCUT2D eigenvalue weighted by molar-refractivity contribution is 7.11. The SMILES string of the molecule is Cc1nc(-c2ccc3c(c2)N(CC(=O)Nc2ccccc2F)C(=O)C(C)O3)c(C)s1. The second-order valence-corrected chi connectivity index (χ2v) is 8.44. The molecule has 6 nitrogen and oxygen atoms in total. The first-order valence-electron chi connectivity index (χ1n) is 9.44. The number of carbonyl (C=O) groups excluding carboxylic acids is 2. The Morgan fingerprint density at radius 1 is 1.27 bits per heavy atom. The lowest BCUT2D eigenvalue weighted by molar-refractivity contribution is -0.127. The van der Waals surface area contributed by atoms with Gasteiger partial charge in [-0.25, -0.2) is 9.37 Å². The summed E-state index contributed by atoms with van der Waals surface area (Å²) in [5.74, 6) is -0.868. The molecule has 30 heavy (non-hydrogen) atoms. The van der Waals surface area contributed by atoms with Crippen molar-refractivity contribution in [2.75, 3.05) is 16.8 Å². The summed E-state index contributed by atoms with van der Waals surface area (Å²) in [5.41, 5.74) is 2.23. The Hall–Kier alpha value is -3.26. The van der Waals surface area contributed by atoms with Gasteiger partial charge >= 0.3 is 0 Å². The molecular formula is C22H20FN3O3S. The molecule has 2 amide bonds. The first-order chi connectivity index (χ1) is 14.3. The molecule has 1 N–H and O–H groups in total. The number of aromatic nitrogens is 1. The fourth-order valence-corrected chi connectivity index (χ4v) is 4.25. The maximum atomic E-state index is 13.9. The summed E-state index contributed by atoms with van der Waals surface area (Å²) in [6, 6.07) is 11.4. The number of halogens is 1. The van der Waals surface area contributed by atoms with E-state index >= 15 is 0 Å². The van der Waals surface area contributed by atoms with Crippen molar-refractivity contribution in [1.29, 1.82) is 0 Å². The second-order valence-electron chi connectivity index (χ2n) is 7.03. The van der Waals surface area contributed by atoms with Crippen molar-refractivity contribution in [2.24, 2.45) is 0 Å². The van der Waals surface area contributed by atoms with Crippen LogP contribution >= 0.6 is 11.3 Å². The molecule has 1 aliphatic rings. The molecule has 3 aromatic rings. The van der Waals surface area contributed by atoms with Gasteiger partial charge in [0, 0.05) is 10.4 Å². The lowest BCUT2D eigenvalue weighted by Crippen LogP contribution is -2.47. The Balaban J connectivity index is 1.66. The molecule has 0 bridgehead atoms. The van der Waals surface area contributed by atoms with Gasteiger partial charge in [0.1, 0.15) is 18.1 Å². The molecule has 154 valence electrons. The van der Waals surface area contributed by atoms with Crippen molar-refractivity contribution in [3.05, 3.63) is 58.2 Å². The highest BCUT2D eigenvalue weighted by atomic mass is 32.1. The van der Waals surface area contributed by atoms with Crippen molar-refractivity contribution >= 4 is 34.5 Å². The van der Waals surface area contributed by atoms with Crippen molar-refractivity contribution < 1.29 is 18.7 Å². The fourth-order valence-electron chi connectivity index (χ4n) is 3.41. The number of hydrogen-bond acceptors (Lipinski definition) is 5. The van der Waals surface area contributed by atoms with Crippen LogP contribution in [0.25, 0.3) is 11.3 Å². The summed E-state index contributed by atoms with van der Waals surface area (Å²) in [4.78, 5) is 32.4. The summed E-state index contributed by atoms with van der Waals surface area (Å²) in [6.07, 6.45) is -0.729. The molecule has 1 atom stereocenters. The highest BCUT2D eigenvalue weighted by Crippen LogP contribution is 2.38. The molecule has 2 aromatic carbocycles. The minimum Gasteiger partial charge on any atom is -0.479 e. The molecule has 0 fully saturated rings. The molecule has 2 heterocycles. The monoisotopic (exact) mass is 425 g/mol. The molecule has 0 saturated carbocycles. The Kier molecular flexibility index (Phi) is 5.26. The topological polar surface area (TPSA) is 71.5 Å². The third-order valence-corrected chi connectivity index (χ3v) is 5.68. The number of hydrogen-bond donors (Lipinski definition) is 1. The van der Waals surface area contributed by atoms with Crippen molar-refractivity contribution in [3.8, 4) is 17.0 Å². The van der Waals surface area contributed by atoms with Crippen molar-refractivity contribution in [1.82, 2.24) is 4.98 Å². The van der Waals surface area contributed by atoms with Gasteiger partial charge in [0.25, 0.3) is 5.91 Å². The number of benzene rings is 2. The average molecular weight is 425 g/mol. The summed E-state index contributed by atoms with van der Waals surface area (Å²) >= 11 is 1.59. The molecular weight excluding hydrogens is 405 g/mol. The van der Waals surface area contributed by atoms with E-state index in [1.807, 2.05) is 19.9 Å². The smallest absolute Gasteiger partial charge is 0.268 e. The Bertz CT molecular complexity index is 1140. The van der Waals surface area contributed by atoms with Crippen LogP contribution in [-0.2, 0) is 9.59 Å². The van der Waals surface area contributed by atoms with E-state index in [0.29, 0.717) is 11.4 Å². The van der Waals surface area contributed by atoms with E-state index in [0.717, 1.165) is 21.1 Å². The molecule has 8 heteroatoms. The van der Waals surface area contributed by atoms with Crippen LogP contribution in [0.15, 0.2) is 42.5 Å². The zero-order valence-electron chi connectivity index (χ0n) is 16.7. The van der Waals surface area contributed by atoms with Gasteiger partial charge in [-0.3, -0.25) is 14.5 Å². The van der Waals surface area contributed by atoms with E-state index in [-0.39, 0.29) is 18.1 Å². The number of anilines is 2. The molecule has 4 rings (SSSR count). The van der Waals surface area contributed by atoms with Gasteiger partial charge in [0.2, 0.25) is 5.91 Å². The van der Waals surface area contributed by atoms with E-state index in [9.17, 15) is 14.0 Å².